The van der Waals surface area contributed by atoms with E-state index < -0.39 is 15.4 Å². The highest BCUT2D eigenvalue weighted by Crippen LogP contribution is 2.43. The number of rotatable bonds is 0. The molecule has 0 aromatic heterocycles. The van der Waals surface area contributed by atoms with Gasteiger partial charge >= 0.3 is 0 Å². The maximum atomic E-state index is 13.2. The highest BCUT2D eigenvalue weighted by atomic mass is 32.2. The Morgan fingerprint density at radius 1 is 1.32 bits per heavy atom. The Balaban J connectivity index is 1.91. The van der Waals surface area contributed by atoms with Crippen molar-refractivity contribution in [1.82, 2.24) is 0 Å². The zero-order valence-electron chi connectivity index (χ0n) is 10.4. The summed E-state index contributed by atoms with van der Waals surface area (Å²) in [5, 5.41) is 0. The topological polar surface area (TPSA) is 69.4 Å². The molecule has 6 heteroatoms. The summed E-state index contributed by atoms with van der Waals surface area (Å²) >= 11 is 0. The quantitative estimate of drug-likeness (QED) is 0.785. The van der Waals surface area contributed by atoms with Crippen LogP contribution in [0.2, 0.25) is 0 Å². The van der Waals surface area contributed by atoms with Gasteiger partial charge in [0.15, 0.2) is 9.84 Å². The molecular weight excluding hydrogens is 269 g/mol. The van der Waals surface area contributed by atoms with E-state index in [4.69, 9.17) is 10.5 Å². The van der Waals surface area contributed by atoms with Gasteiger partial charge in [-0.1, -0.05) is 0 Å². The van der Waals surface area contributed by atoms with Crippen molar-refractivity contribution in [3.8, 4) is 5.75 Å². The molecule has 0 amide bonds. The molecule has 0 bridgehead atoms. The van der Waals surface area contributed by atoms with Gasteiger partial charge in [-0.05, 0) is 18.2 Å². The van der Waals surface area contributed by atoms with Crippen molar-refractivity contribution < 1.29 is 17.5 Å². The third-order valence-corrected chi connectivity index (χ3v) is 5.68. The van der Waals surface area contributed by atoms with Crippen LogP contribution in [0.4, 0.5) is 4.39 Å². The minimum absolute atomic E-state index is 0.135. The van der Waals surface area contributed by atoms with Crippen LogP contribution in [0.3, 0.4) is 0 Å². The zero-order chi connectivity index (χ0) is 13.7. The van der Waals surface area contributed by atoms with Gasteiger partial charge in [0.05, 0.1) is 11.5 Å². The summed E-state index contributed by atoms with van der Waals surface area (Å²) in [4.78, 5) is 0. The van der Waals surface area contributed by atoms with Crippen LogP contribution >= 0.6 is 0 Å². The summed E-state index contributed by atoms with van der Waals surface area (Å²) in [5.74, 6) is 0.520. The number of fused-ring (bicyclic) bond motifs is 1. The number of nitrogens with two attached hydrogens (primary N) is 1. The van der Waals surface area contributed by atoms with E-state index in [1.165, 1.54) is 12.1 Å². The smallest absolute Gasteiger partial charge is 0.150 e. The SMILES string of the molecule is NC1CC2(CCS(=O)(=O)CC2)Oc2ccc(F)cc21. The Morgan fingerprint density at radius 3 is 2.68 bits per heavy atom. The number of sulfone groups is 1. The van der Waals surface area contributed by atoms with E-state index in [9.17, 15) is 12.8 Å². The van der Waals surface area contributed by atoms with Gasteiger partial charge in [-0.25, -0.2) is 12.8 Å². The number of hydrogen-bond donors (Lipinski definition) is 1. The largest absolute Gasteiger partial charge is 0.487 e. The zero-order valence-corrected chi connectivity index (χ0v) is 11.2. The van der Waals surface area contributed by atoms with Crippen molar-refractivity contribution in [2.45, 2.75) is 30.9 Å². The highest BCUT2D eigenvalue weighted by Gasteiger charge is 2.44. The van der Waals surface area contributed by atoms with Gasteiger partial charge in [0.2, 0.25) is 0 Å². The summed E-state index contributed by atoms with van der Waals surface area (Å²) in [6.45, 7) is 0. The lowest BCUT2D eigenvalue weighted by atomic mass is 9.83. The molecule has 1 unspecified atom stereocenters. The third kappa shape index (κ3) is 2.34. The molecule has 2 aliphatic heterocycles. The lowest BCUT2D eigenvalue weighted by Crippen LogP contribution is -2.48. The Morgan fingerprint density at radius 2 is 2.00 bits per heavy atom. The Kier molecular flexibility index (Phi) is 2.83. The lowest BCUT2D eigenvalue weighted by molar-refractivity contribution is 0.0262. The first kappa shape index (κ1) is 12.9. The second kappa shape index (κ2) is 4.18. The Labute approximate surface area is 111 Å². The molecule has 2 N–H and O–H groups in total. The summed E-state index contributed by atoms with van der Waals surface area (Å²) in [5.41, 5.74) is 6.25. The summed E-state index contributed by atoms with van der Waals surface area (Å²) < 4.78 is 42.2. The van der Waals surface area contributed by atoms with E-state index in [1.54, 1.807) is 6.07 Å². The maximum Gasteiger partial charge on any atom is 0.150 e. The summed E-state index contributed by atoms with van der Waals surface area (Å²) in [6.07, 6.45) is 1.46. The van der Waals surface area contributed by atoms with Crippen molar-refractivity contribution >= 4 is 9.84 Å². The minimum atomic E-state index is -2.94. The number of benzene rings is 1. The van der Waals surface area contributed by atoms with Gasteiger partial charge < -0.3 is 10.5 Å². The van der Waals surface area contributed by atoms with E-state index in [1.807, 2.05) is 0 Å². The summed E-state index contributed by atoms with van der Waals surface area (Å²) in [6, 6.07) is 4.01. The van der Waals surface area contributed by atoms with Gasteiger partial charge in [-0.15, -0.1) is 0 Å². The van der Waals surface area contributed by atoms with Gasteiger partial charge in [0.1, 0.15) is 17.2 Å². The Hall–Kier alpha value is -1.14. The molecule has 2 heterocycles. The molecular formula is C13H16FNO3S. The van der Waals surface area contributed by atoms with Gasteiger partial charge in [0, 0.05) is 30.9 Å². The standard InChI is InChI=1S/C13H16FNO3S/c14-9-1-2-12-10(7-9)11(15)8-13(18-12)3-5-19(16,17)6-4-13/h1-2,7,11H,3-6,8,15H2. The molecule has 4 nitrogen and oxygen atoms in total. The first-order valence-electron chi connectivity index (χ1n) is 6.34. The van der Waals surface area contributed by atoms with Gasteiger partial charge in [-0.3, -0.25) is 0 Å². The normalized spacial score (nSPS) is 27.6. The first-order chi connectivity index (χ1) is 8.89. The molecule has 1 spiro atoms. The third-order valence-electron chi connectivity index (χ3n) is 4.03. The van der Waals surface area contributed by atoms with Crippen LogP contribution < -0.4 is 10.5 Å². The van der Waals surface area contributed by atoms with Gasteiger partial charge in [-0.2, -0.15) is 0 Å². The molecule has 0 aliphatic carbocycles. The van der Waals surface area contributed by atoms with Crippen LogP contribution in [0.1, 0.15) is 30.9 Å². The van der Waals surface area contributed by atoms with E-state index in [0.29, 0.717) is 30.6 Å². The number of hydrogen-bond acceptors (Lipinski definition) is 4. The van der Waals surface area contributed by atoms with Crippen molar-refractivity contribution in [2.24, 2.45) is 5.73 Å². The van der Waals surface area contributed by atoms with Crippen LogP contribution in [0, 0.1) is 5.82 Å². The molecule has 104 valence electrons. The molecule has 0 radical (unpaired) electrons. The van der Waals surface area contributed by atoms with Gasteiger partial charge in [0.25, 0.3) is 0 Å². The molecule has 1 atom stereocenters. The predicted molar refractivity (Wildman–Crippen MR) is 69.2 cm³/mol. The number of ether oxygens (including phenoxy) is 1. The minimum Gasteiger partial charge on any atom is -0.487 e. The molecule has 3 rings (SSSR count). The molecule has 2 aliphatic rings. The average molecular weight is 285 g/mol. The van der Waals surface area contributed by atoms with E-state index in [0.717, 1.165) is 0 Å². The van der Waals surface area contributed by atoms with Crippen LogP contribution in [0.25, 0.3) is 0 Å². The second-order valence-corrected chi connectivity index (χ2v) is 7.73. The van der Waals surface area contributed by atoms with E-state index >= 15 is 0 Å². The van der Waals surface area contributed by atoms with Crippen LogP contribution in [0.15, 0.2) is 18.2 Å². The molecule has 19 heavy (non-hydrogen) atoms. The fraction of sp³-hybridized carbons (Fsp3) is 0.538. The number of halogens is 1. The summed E-state index contributed by atoms with van der Waals surface area (Å²) in [7, 11) is -2.94. The van der Waals surface area contributed by atoms with Crippen molar-refractivity contribution in [3.05, 3.63) is 29.6 Å². The maximum absolute atomic E-state index is 13.2. The second-order valence-electron chi connectivity index (χ2n) is 5.43. The van der Waals surface area contributed by atoms with Crippen LogP contribution in [0.5, 0.6) is 5.75 Å². The first-order valence-corrected chi connectivity index (χ1v) is 8.16. The predicted octanol–water partition coefficient (Wildman–Crippen LogP) is 1.56. The van der Waals surface area contributed by atoms with Crippen LogP contribution in [-0.4, -0.2) is 25.5 Å². The average Bonchev–Trinajstić information content (AvgIpc) is 2.35. The van der Waals surface area contributed by atoms with Crippen molar-refractivity contribution in [2.75, 3.05) is 11.5 Å². The molecule has 1 aromatic carbocycles. The molecule has 0 saturated carbocycles. The molecule has 1 aromatic rings. The van der Waals surface area contributed by atoms with Crippen LogP contribution in [-0.2, 0) is 9.84 Å². The Bertz CT molecular complexity index is 600. The molecule has 1 saturated heterocycles. The highest BCUT2D eigenvalue weighted by molar-refractivity contribution is 7.91. The molecule has 1 fully saturated rings. The van der Waals surface area contributed by atoms with Crippen molar-refractivity contribution in [1.29, 1.82) is 0 Å². The fourth-order valence-electron chi connectivity index (χ4n) is 2.90. The fourth-order valence-corrected chi connectivity index (χ4v) is 4.47. The van der Waals surface area contributed by atoms with E-state index in [2.05, 4.69) is 0 Å². The van der Waals surface area contributed by atoms with E-state index in [-0.39, 0.29) is 23.4 Å². The lowest BCUT2D eigenvalue weighted by Gasteiger charge is -2.43. The van der Waals surface area contributed by atoms with Crippen molar-refractivity contribution in [3.63, 3.8) is 0 Å². The monoisotopic (exact) mass is 285 g/mol.